The number of alkyl halides is 3. The summed E-state index contributed by atoms with van der Waals surface area (Å²) in [6.45, 7) is 5.95. The van der Waals surface area contributed by atoms with Crippen LogP contribution in [-0.4, -0.2) is 52.5 Å². The van der Waals surface area contributed by atoms with Gasteiger partial charge >= 0.3 is 6.18 Å². The molecule has 0 unspecified atom stereocenters. The number of anilines is 1. The van der Waals surface area contributed by atoms with E-state index in [9.17, 15) is 18.0 Å². The zero-order chi connectivity index (χ0) is 23.0. The van der Waals surface area contributed by atoms with Gasteiger partial charge in [0.2, 0.25) is 5.91 Å². The number of rotatable bonds is 6. The summed E-state index contributed by atoms with van der Waals surface area (Å²) in [5, 5.41) is 0.277. The molecule has 1 aliphatic heterocycles. The normalized spacial score (nSPS) is 22.8. The zero-order valence-electron chi connectivity index (χ0n) is 18.5. The molecule has 2 aromatic rings. The van der Waals surface area contributed by atoms with Gasteiger partial charge in [0.25, 0.3) is 0 Å². The molecule has 0 atom stereocenters. The molecule has 1 saturated heterocycles. The van der Waals surface area contributed by atoms with E-state index in [0.29, 0.717) is 23.3 Å². The van der Waals surface area contributed by atoms with Gasteiger partial charge in [0, 0.05) is 24.5 Å². The van der Waals surface area contributed by atoms with Crippen molar-refractivity contribution in [3.05, 3.63) is 30.1 Å². The number of carbonyl (C=O) groups is 1. The van der Waals surface area contributed by atoms with Gasteiger partial charge in [-0.15, -0.1) is 0 Å². The molecular weight excluding hydrogens is 419 g/mol. The molecule has 1 aromatic heterocycles. The third-order valence-corrected chi connectivity index (χ3v) is 7.07. The summed E-state index contributed by atoms with van der Waals surface area (Å²) in [5.41, 5.74) is 5.13. The van der Waals surface area contributed by atoms with Crippen LogP contribution in [0.25, 0.3) is 10.9 Å². The number of hydrogen-bond acceptors (Lipinski definition) is 5. The van der Waals surface area contributed by atoms with Gasteiger partial charge < -0.3 is 10.6 Å². The highest BCUT2D eigenvalue weighted by Crippen LogP contribution is 2.37. The van der Waals surface area contributed by atoms with Crippen LogP contribution in [0.3, 0.4) is 0 Å². The molecule has 174 valence electrons. The number of benzene rings is 1. The van der Waals surface area contributed by atoms with Gasteiger partial charge in [-0.1, -0.05) is 13.8 Å². The van der Waals surface area contributed by atoms with Crippen LogP contribution in [0, 0.1) is 11.8 Å². The van der Waals surface area contributed by atoms with Crippen LogP contribution in [0.2, 0.25) is 0 Å². The van der Waals surface area contributed by atoms with Gasteiger partial charge in [-0.25, -0.2) is 9.97 Å². The van der Waals surface area contributed by atoms with Gasteiger partial charge in [0.1, 0.15) is 12.1 Å². The van der Waals surface area contributed by atoms with Crippen molar-refractivity contribution in [1.29, 1.82) is 0 Å². The van der Waals surface area contributed by atoms with E-state index in [2.05, 4.69) is 28.7 Å². The Morgan fingerprint density at radius 1 is 1.19 bits per heavy atom. The van der Waals surface area contributed by atoms with Crippen LogP contribution < -0.4 is 10.6 Å². The predicted molar refractivity (Wildman–Crippen MR) is 117 cm³/mol. The molecule has 0 radical (unpaired) electrons. The van der Waals surface area contributed by atoms with E-state index in [1.165, 1.54) is 25.2 Å². The Balaban J connectivity index is 1.54. The second-order valence-electron chi connectivity index (χ2n) is 9.44. The summed E-state index contributed by atoms with van der Waals surface area (Å²) in [5.74, 6) is 1.27. The Morgan fingerprint density at radius 3 is 2.47 bits per heavy atom. The van der Waals surface area contributed by atoms with Gasteiger partial charge in [0.15, 0.2) is 0 Å². The molecule has 4 rings (SSSR count). The molecule has 9 heteroatoms. The van der Waals surface area contributed by atoms with Crippen LogP contribution >= 0.6 is 0 Å². The fourth-order valence-electron chi connectivity index (χ4n) is 5.11. The standard InChI is InChI=1S/C23H30F3N5O/c1-14(2)15-3-6-17(7-4-15)30-10-18(11-30)31(12-21(27)32)22-19-9-16(23(24,25)26)5-8-20(19)28-13-29-22/h5,8-9,13-15,17-18H,3-4,6-7,10-12H2,1-2H3,(H2,27,32). The van der Waals surface area contributed by atoms with E-state index in [1.807, 2.05) is 0 Å². The van der Waals surface area contributed by atoms with Gasteiger partial charge in [0.05, 0.1) is 23.7 Å². The van der Waals surface area contributed by atoms with Crippen LogP contribution in [0.4, 0.5) is 19.0 Å². The highest BCUT2D eigenvalue weighted by Gasteiger charge is 2.39. The monoisotopic (exact) mass is 449 g/mol. The molecular formula is C23H30F3N5O. The van der Waals surface area contributed by atoms with Gasteiger partial charge in [-0.2, -0.15) is 13.2 Å². The maximum absolute atomic E-state index is 13.3. The number of aromatic nitrogens is 2. The molecule has 6 nitrogen and oxygen atoms in total. The highest BCUT2D eigenvalue weighted by molar-refractivity contribution is 5.92. The van der Waals surface area contributed by atoms with Crippen molar-refractivity contribution in [3.8, 4) is 0 Å². The fraction of sp³-hybridized carbons (Fsp3) is 0.609. The van der Waals surface area contributed by atoms with Crippen molar-refractivity contribution >= 4 is 22.6 Å². The van der Waals surface area contributed by atoms with Crippen molar-refractivity contribution in [2.75, 3.05) is 24.5 Å². The first kappa shape index (κ1) is 22.8. The predicted octanol–water partition coefficient (Wildman–Crippen LogP) is 3.84. The van der Waals surface area contributed by atoms with Crippen molar-refractivity contribution in [3.63, 3.8) is 0 Å². The van der Waals surface area contributed by atoms with Crippen molar-refractivity contribution < 1.29 is 18.0 Å². The Hall–Kier alpha value is -2.42. The summed E-state index contributed by atoms with van der Waals surface area (Å²) in [4.78, 5) is 24.4. The van der Waals surface area contributed by atoms with E-state index in [0.717, 1.165) is 44.0 Å². The number of likely N-dealkylation sites (tertiary alicyclic amines) is 1. The quantitative estimate of drug-likeness (QED) is 0.725. The molecule has 1 amide bonds. The minimum absolute atomic E-state index is 0.0297. The molecule has 1 aliphatic carbocycles. The van der Waals surface area contributed by atoms with Crippen LogP contribution in [0.1, 0.15) is 45.1 Å². The number of primary amides is 1. The SMILES string of the molecule is CC(C)C1CCC(N2CC(N(CC(N)=O)c3ncnc4ccc(C(F)(F)F)cc34)C2)CC1. The smallest absolute Gasteiger partial charge is 0.368 e. The molecule has 32 heavy (non-hydrogen) atoms. The molecule has 2 aliphatic rings. The lowest BCUT2D eigenvalue weighted by Crippen LogP contribution is -2.64. The number of nitrogens with two attached hydrogens (primary N) is 1. The van der Waals surface area contributed by atoms with E-state index in [-0.39, 0.29) is 18.0 Å². The first-order valence-electron chi connectivity index (χ1n) is 11.2. The highest BCUT2D eigenvalue weighted by atomic mass is 19.4. The molecule has 2 fully saturated rings. The third kappa shape index (κ3) is 4.67. The van der Waals surface area contributed by atoms with Crippen LogP contribution in [0.5, 0.6) is 0 Å². The van der Waals surface area contributed by atoms with Crippen molar-refractivity contribution in [2.45, 2.75) is 57.8 Å². The maximum Gasteiger partial charge on any atom is 0.416 e. The first-order valence-corrected chi connectivity index (χ1v) is 11.2. The average molecular weight is 450 g/mol. The number of nitrogens with zero attached hydrogens (tertiary/aromatic N) is 4. The second kappa shape index (κ2) is 8.84. The van der Waals surface area contributed by atoms with Crippen molar-refractivity contribution in [2.24, 2.45) is 17.6 Å². The largest absolute Gasteiger partial charge is 0.416 e. The Kier molecular flexibility index (Phi) is 6.29. The van der Waals surface area contributed by atoms with E-state index < -0.39 is 17.6 Å². The topological polar surface area (TPSA) is 75.3 Å². The maximum atomic E-state index is 13.3. The van der Waals surface area contributed by atoms with E-state index in [4.69, 9.17) is 5.73 Å². The molecule has 2 heterocycles. The number of amides is 1. The van der Waals surface area contributed by atoms with Crippen molar-refractivity contribution in [1.82, 2.24) is 14.9 Å². The Labute approximate surface area is 186 Å². The van der Waals surface area contributed by atoms with Crippen LogP contribution in [0.15, 0.2) is 24.5 Å². The van der Waals surface area contributed by atoms with Gasteiger partial charge in [-0.3, -0.25) is 9.69 Å². The Morgan fingerprint density at radius 2 is 1.88 bits per heavy atom. The zero-order valence-corrected chi connectivity index (χ0v) is 18.5. The lowest BCUT2D eigenvalue weighted by atomic mass is 9.78. The van der Waals surface area contributed by atoms with E-state index in [1.54, 1.807) is 4.90 Å². The summed E-state index contributed by atoms with van der Waals surface area (Å²) in [7, 11) is 0. The van der Waals surface area contributed by atoms with E-state index >= 15 is 0 Å². The lowest BCUT2D eigenvalue weighted by molar-refractivity contribution is -0.137. The summed E-state index contributed by atoms with van der Waals surface area (Å²) in [6, 6.07) is 3.90. The molecule has 0 spiro atoms. The minimum atomic E-state index is -4.47. The van der Waals surface area contributed by atoms with Crippen LogP contribution in [-0.2, 0) is 11.0 Å². The summed E-state index contributed by atoms with van der Waals surface area (Å²) < 4.78 is 39.9. The third-order valence-electron chi connectivity index (χ3n) is 7.07. The number of fused-ring (bicyclic) bond motifs is 1. The molecule has 2 N–H and O–H groups in total. The number of hydrogen-bond donors (Lipinski definition) is 1. The lowest BCUT2D eigenvalue weighted by Gasteiger charge is -2.50. The molecule has 0 bridgehead atoms. The summed E-state index contributed by atoms with van der Waals surface area (Å²) >= 11 is 0. The molecule has 1 saturated carbocycles. The fourth-order valence-corrected chi connectivity index (χ4v) is 5.11. The summed E-state index contributed by atoms with van der Waals surface area (Å²) in [6.07, 6.45) is 1.63. The first-order chi connectivity index (χ1) is 15.1. The minimum Gasteiger partial charge on any atom is -0.368 e. The average Bonchev–Trinajstić information content (AvgIpc) is 2.70. The van der Waals surface area contributed by atoms with Gasteiger partial charge in [-0.05, 0) is 55.7 Å². The second-order valence-corrected chi connectivity index (χ2v) is 9.44. The number of halogens is 3. The number of carbonyl (C=O) groups excluding carboxylic acids is 1. The molecule has 1 aromatic carbocycles. The Bertz CT molecular complexity index is 966.